The minimum absolute atomic E-state index is 0.0192. The van der Waals surface area contributed by atoms with Crippen LogP contribution in [0.3, 0.4) is 0 Å². The first-order valence-corrected chi connectivity index (χ1v) is 11.2. The molecule has 29 heavy (non-hydrogen) atoms. The van der Waals surface area contributed by atoms with E-state index in [2.05, 4.69) is 0 Å². The maximum atomic E-state index is 13.7. The number of carbonyl (C=O) groups is 3. The van der Waals surface area contributed by atoms with Gasteiger partial charge in [0.25, 0.3) is 0 Å². The van der Waals surface area contributed by atoms with Crippen LogP contribution in [0.25, 0.3) is 0 Å². The summed E-state index contributed by atoms with van der Waals surface area (Å²) >= 11 is 1.52. The predicted molar refractivity (Wildman–Crippen MR) is 109 cm³/mol. The van der Waals surface area contributed by atoms with Gasteiger partial charge in [-0.2, -0.15) is 0 Å². The number of carbonyl (C=O) groups excluding carboxylic acids is 3. The number of amides is 2. The molecule has 1 spiro atoms. The lowest BCUT2D eigenvalue weighted by Crippen LogP contribution is -2.57. The number of rotatable bonds is 4. The lowest BCUT2D eigenvalue weighted by atomic mass is 9.78. The molecule has 4 aliphatic rings. The molecule has 8 heteroatoms. The van der Waals surface area contributed by atoms with Gasteiger partial charge in [0.2, 0.25) is 11.8 Å². The summed E-state index contributed by atoms with van der Waals surface area (Å²) in [6.07, 6.45) is 8.22. The summed E-state index contributed by atoms with van der Waals surface area (Å²) in [5.41, 5.74) is 0. The number of cyclic esters (lactones) is 1. The zero-order chi connectivity index (χ0) is 20.9. The van der Waals surface area contributed by atoms with E-state index in [4.69, 9.17) is 4.74 Å². The molecule has 4 heterocycles. The van der Waals surface area contributed by atoms with Gasteiger partial charge in [-0.05, 0) is 20.3 Å². The van der Waals surface area contributed by atoms with Gasteiger partial charge in [-0.25, -0.2) is 0 Å². The van der Waals surface area contributed by atoms with E-state index >= 15 is 0 Å². The maximum absolute atomic E-state index is 13.7. The van der Waals surface area contributed by atoms with Crippen molar-refractivity contribution in [2.45, 2.75) is 55.3 Å². The smallest absolute Gasteiger partial charge is 0.311 e. The molecule has 0 aromatic heterocycles. The fraction of sp³-hybridized carbons (Fsp3) is 0.667. The van der Waals surface area contributed by atoms with Crippen LogP contribution in [-0.4, -0.2) is 80.6 Å². The summed E-state index contributed by atoms with van der Waals surface area (Å²) in [7, 11) is 0. The van der Waals surface area contributed by atoms with Crippen LogP contribution < -0.4 is 0 Å². The highest BCUT2D eigenvalue weighted by atomic mass is 32.2. The number of fused-ring (bicyclic) bond motifs is 2. The molecule has 0 radical (unpaired) electrons. The minimum atomic E-state index is -0.837. The molecule has 4 rings (SSSR count). The van der Waals surface area contributed by atoms with Gasteiger partial charge >= 0.3 is 5.97 Å². The molecule has 2 saturated heterocycles. The molecule has 1 unspecified atom stereocenters. The third-order valence-corrected chi connectivity index (χ3v) is 8.33. The van der Waals surface area contributed by atoms with E-state index in [1.807, 2.05) is 45.1 Å². The largest absolute Gasteiger partial charge is 0.461 e. The lowest BCUT2D eigenvalue weighted by Gasteiger charge is -2.39. The van der Waals surface area contributed by atoms with Crippen molar-refractivity contribution in [3.63, 3.8) is 0 Å². The molecule has 0 aromatic carbocycles. The third kappa shape index (κ3) is 2.86. The molecule has 6 atom stereocenters. The Morgan fingerprint density at radius 1 is 1.28 bits per heavy atom. The second kappa shape index (κ2) is 7.47. The van der Waals surface area contributed by atoms with Gasteiger partial charge in [0.05, 0.1) is 29.2 Å². The average Bonchev–Trinajstić information content (AvgIpc) is 2.98. The quantitative estimate of drug-likeness (QED) is 0.539. The van der Waals surface area contributed by atoms with E-state index in [1.165, 1.54) is 11.8 Å². The number of aliphatic hydroxyl groups is 1. The number of hydrogen-bond donors (Lipinski definition) is 1. The van der Waals surface area contributed by atoms with Crippen molar-refractivity contribution in [2.75, 3.05) is 19.8 Å². The zero-order valence-corrected chi connectivity index (χ0v) is 17.8. The van der Waals surface area contributed by atoms with Crippen molar-refractivity contribution in [2.24, 2.45) is 11.8 Å². The number of ether oxygens (including phenoxy) is 1. The van der Waals surface area contributed by atoms with Crippen molar-refractivity contribution in [3.05, 3.63) is 24.3 Å². The Morgan fingerprint density at radius 2 is 2.03 bits per heavy atom. The maximum Gasteiger partial charge on any atom is 0.311 e. The van der Waals surface area contributed by atoms with Crippen LogP contribution in [0.4, 0.5) is 0 Å². The zero-order valence-electron chi connectivity index (χ0n) is 17.0. The summed E-state index contributed by atoms with van der Waals surface area (Å²) in [6, 6.07) is -1.22. The Bertz CT molecular complexity index is 777. The third-order valence-electron chi connectivity index (χ3n) is 6.58. The van der Waals surface area contributed by atoms with E-state index in [-0.39, 0.29) is 42.3 Å². The molecule has 2 fully saturated rings. The highest BCUT2D eigenvalue weighted by Gasteiger charge is 2.71. The van der Waals surface area contributed by atoms with Gasteiger partial charge in [-0.1, -0.05) is 31.2 Å². The molecular weight excluding hydrogens is 392 g/mol. The molecule has 4 aliphatic heterocycles. The van der Waals surface area contributed by atoms with E-state index in [0.29, 0.717) is 13.0 Å². The van der Waals surface area contributed by atoms with Gasteiger partial charge in [0.15, 0.2) is 0 Å². The number of hydrogen-bond acceptors (Lipinski definition) is 6. The Morgan fingerprint density at radius 3 is 2.69 bits per heavy atom. The van der Waals surface area contributed by atoms with Crippen LogP contribution in [0.2, 0.25) is 0 Å². The number of thioether (sulfide) groups is 1. The first-order chi connectivity index (χ1) is 13.9. The van der Waals surface area contributed by atoms with Gasteiger partial charge in [0.1, 0.15) is 12.6 Å². The average molecular weight is 421 g/mol. The Hall–Kier alpha value is -1.80. The normalized spacial score (nSPS) is 37.2. The Balaban J connectivity index is 1.88. The molecule has 0 saturated carbocycles. The number of likely N-dealkylation sites (tertiary alicyclic amines) is 1. The number of aliphatic hydroxyl groups excluding tert-OH is 1. The van der Waals surface area contributed by atoms with Gasteiger partial charge in [-0.15, -0.1) is 11.8 Å². The summed E-state index contributed by atoms with van der Waals surface area (Å²) in [5, 5.41) is 9.76. The van der Waals surface area contributed by atoms with Crippen LogP contribution in [0, 0.1) is 11.8 Å². The van der Waals surface area contributed by atoms with Gasteiger partial charge in [0, 0.05) is 17.8 Å². The highest BCUT2D eigenvalue weighted by molar-refractivity contribution is 8.02. The standard InChI is InChI=1S/C21H28N2O5S/c1-4-13(11-24)23-17-19(26)22(12(2)3)9-6-8-21(17)16(18(23)25)15-14(29-21)7-5-10-28-20(15)27/h5-8,12-17,24H,4,9-11H2,1-3H3/t13-,14-,15+,16-,17?,21-/m0/s1. The first kappa shape index (κ1) is 20.5. The fourth-order valence-corrected chi connectivity index (χ4v) is 7.19. The van der Waals surface area contributed by atoms with Crippen molar-refractivity contribution in [1.82, 2.24) is 9.80 Å². The predicted octanol–water partition coefficient (Wildman–Crippen LogP) is 0.974. The molecule has 0 bridgehead atoms. The van der Waals surface area contributed by atoms with Crippen molar-refractivity contribution >= 4 is 29.5 Å². The van der Waals surface area contributed by atoms with Gasteiger partial charge in [-0.3, -0.25) is 14.4 Å². The van der Waals surface area contributed by atoms with E-state index in [0.717, 1.165) is 0 Å². The molecule has 7 nitrogen and oxygen atoms in total. The molecule has 2 amide bonds. The fourth-order valence-electron chi connectivity index (χ4n) is 5.20. The SMILES string of the molecule is CC[C@@H](CO)N1C(=O)[C@@H]2[C@@H]3C(=O)OCC=C[C@@H]3S[C@@]23C=CCN(C(C)C)C(=O)C13. The van der Waals surface area contributed by atoms with Crippen LogP contribution in [0.15, 0.2) is 24.3 Å². The molecular formula is C21H28N2O5S. The van der Waals surface area contributed by atoms with Crippen LogP contribution in [0.1, 0.15) is 27.2 Å². The number of esters is 1. The first-order valence-electron chi connectivity index (χ1n) is 10.3. The summed E-state index contributed by atoms with van der Waals surface area (Å²) in [6.45, 7) is 6.26. The van der Waals surface area contributed by atoms with E-state index < -0.39 is 28.7 Å². The lowest BCUT2D eigenvalue weighted by molar-refractivity contribution is -0.152. The van der Waals surface area contributed by atoms with Crippen LogP contribution >= 0.6 is 11.8 Å². The summed E-state index contributed by atoms with van der Waals surface area (Å²) in [5.74, 6) is -2.03. The van der Waals surface area contributed by atoms with Crippen LogP contribution in [0.5, 0.6) is 0 Å². The summed E-state index contributed by atoms with van der Waals surface area (Å²) in [4.78, 5) is 43.6. The van der Waals surface area contributed by atoms with Crippen LogP contribution in [-0.2, 0) is 19.1 Å². The van der Waals surface area contributed by atoms with E-state index in [9.17, 15) is 19.5 Å². The topological polar surface area (TPSA) is 87.2 Å². The number of nitrogens with zero attached hydrogens (tertiary/aromatic N) is 2. The van der Waals surface area contributed by atoms with Gasteiger partial charge < -0.3 is 19.6 Å². The molecule has 0 aliphatic carbocycles. The van der Waals surface area contributed by atoms with Crippen molar-refractivity contribution < 1.29 is 24.2 Å². The Kier molecular flexibility index (Phi) is 5.27. The second-order valence-electron chi connectivity index (χ2n) is 8.38. The molecule has 0 aromatic rings. The molecule has 158 valence electrons. The van der Waals surface area contributed by atoms with Crippen molar-refractivity contribution in [1.29, 1.82) is 0 Å². The van der Waals surface area contributed by atoms with Crippen molar-refractivity contribution in [3.8, 4) is 0 Å². The Labute approximate surface area is 175 Å². The monoisotopic (exact) mass is 420 g/mol. The summed E-state index contributed by atoms with van der Waals surface area (Å²) < 4.78 is 4.50. The second-order valence-corrected chi connectivity index (χ2v) is 9.86. The highest BCUT2D eigenvalue weighted by Crippen LogP contribution is 2.61. The molecule has 1 N–H and O–H groups in total. The minimum Gasteiger partial charge on any atom is -0.461 e. The van der Waals surface area contributed by atoms with E-state index in [1.54, 1.807) is 9.80 Å².